The number of piperazine rings is 1. The number of nitrogens with zero attached hydrogens (tertiary/aromatic N) is 3. The lowest BCUT2D eigenvalue weighted by molar-refractivity contribution is -0.132. The van der Waals surface area contributed by atoms with Crippen molar-refractivity contribution in [2.75, 3.05) is 51.1 Å². The van der Waals surface area contributed by atoms with Crippen molar-refractivity contribution in [1.29, 1.82) is 0 Å². The lowest BCUT2D eigenvalue weighted by Crippen LogP contribution is -2.77. The number of benzene rings is 1. The SMILES string of the molecule is [C-]#[N+]C1CCN(C2NC3CNNC(=O)C3C(Nc3ccc(CN4CCNCC4)cc3)N2)CC1. The van der Waals surface area contributed by atoms with Crippen LogP contribution in [0.4, 0.5) is 5.69 Å². The van der Waals surface area contributed by atoms with Crippen LogP contribution in [-0.2, 0) is 11.3 Å². The van der Waals surface area contributed by atoms with Crippen molar-refractivity contribution in [2.45, 2.75) is 43.9 Å². The Balaban J connectivity index is 1.25. The fourth-order valence-electron chi connectivity index (χ4n) is 5.34. The lowest BCUT2D eigenvalue weighted by atomic mass is 9.91. The van der Waals surface area contributed by atoms with Crippen LogP contribution in [0.2, 0.25) is 0 Å². The largest absolute Gasteiger partial charge is 0.369 e. The molecule has 4 aliphatic rings. The van der Waals surface area contributed by atoms with E-state index in [0.717, 1.165) is 64.3 Å². The molecule has 4 saturated heterocycles. The summed E-state index contributed by atoms with van der Waals surface area (Å²) in [7, 11) is 0. The number of anilines is 1. The third-order valence-electron chi connectivity index (χ3n) is 7.28. The normalized spacial score (nSPS) is 31.9. The molecule has 0 saturated carbocycles. The van der Waals surface area contributed by atoms with Gasteiger partial charge in [0, 0.05) is 76.9 Å². The number of likely N-dealkylation sites (tertiary alicyclic amines) is 1. The molecule has 1 aromatic carbocycles. The second kappa shape index (κ2) is 10.3. The second-order valence-corrected chi connectivity index (χ2v) is 9.48. The Hall–Kier alpha value is -2.26. The maximum Gasteiger partial charge on any atom is 0.242 e. The molecule has 33 heavy (non-hydrogen) atoms. The number of hydrogen-bond acceptors (Lipinski definition) is 8. The van der Waals surface area contributed by atoms with E-state index < -0.39 is 0 Å². The first-order chi connectivity index (χ1) is 16.2. The summed E-state index contributed by atoms with van der Waals surface area (Å²) in [5.41, 5.74) is 8.12. The lowest BCUT2D eigenvalue weighted by Gasteiger charge is -2.49. The number of hydrazine groups is 1. The van der Waals surface area contributed by atoms with Crippen molar-refractivity contribution in [1.82, 2.24) is 36.6 Å². The molecule has 0 aromatic heterocycles. The third-order valence-corrected chi connectivity index (χ3v) is 7.28. The minimum absolute atomic E-state index is 0.00996. The Kier molecular flexibility index (Phi) is 7.06. The number of amides is 1. The molecule has 6 N–H and O–H groups in total. The Morgan fingerprint density at radius 1 is 1.06 bits per heavy atom. The molecule has 0 aliphatic carbocycles. The summed E-state index contributed by atoms with van der Waals surface area (Å²) in [4.78, 5) is 21.3. The standard InChI is InChI=1S/C23H35N9O/c1-24-17-6-10-32(11-7-17)23-28-19-14-26-30-22(33)20(19)21(29-23)27-18-4-2-16(3-5-18)15-31-12-8-25-9-13-31/h2-5,17,19-21,23,25-29H,6-15H2,(H,30,33). The molecule has 1 amide bonds. The van der Waals surface area contributed by atoms with E-state index in [9.17, 15) is 4.79 Å². The summed E-state index contributed by atoms with van der Waals surface area (Å²) >= 11 is 0. The van der Waals surface area contributed by atoms with Gasteiger partial charge in [0.2, 0.25) is 11.9 Å². The fraction of sp³-hybridized carbons (Fsp3) is 0.652. The van der Waals surface area contributed by atoms with Gasteiger partial charge in [-0.15, -0.1) is 0 Å². The van der Waals surface area contributed by atoms with Crippen LogP contribution in [-0.4, -0.2) is 86.1 Å². The molecule has 4 atom stereocenters. The van der Waals surface area contributed by atoms with E-state index in [4.69, 9.17) is 6.57 Å². The highest BCUT2D eigenvalue weighted by atomic mass is 16.2. The summed E-state index contributed by atoms with van der Waals surface area (Å²) in [5, 5.41) is 14.2. The number of carbonyl (C=O) groups is 1. The molecule has 4 fully saturated rings. The number of piperidine rings is 1. The van der Waals surface area contributed by atoms with Crippen molar-refractivity contribution < 1.29 is 4.79 Å². The average molecular weight is 454 g/mol. The zero-order valence-electron chi connectivity index (χ0n) is 19.0. The van der Waals surface area contributed by atoms with Crippen LogP contribution in [0, 0.1) is 12.5 Å². The molecule has 0 radical (unpaired) electrons. The van der Waals surface area contributed by atoms with Crippen molar-refractivity contribution >= 4 is 11.6 Å². The highest BCUT2D eigenvalue weighted by Gasteiger charge is 2.45. The summed E-state index contributed by atoms with van der Waals surface area (Å²) in [6.07, 6.45) is 1.56. The first-order valence-corrected chi connectivity index (χ1v) is 12.1. The molecule has 10 heteroatoms. The minimum atomic E-state index is -0.233. The molecule has 1 aromatic rings. The van der Waals surface area contributed by atoms with Crippen molar-refractivity contribution in [3.05, 3.63) is 41.2 Å². The Bertz CT molecular complexity index is 842. The number of nitrogens with one attached hydrogen (secondary N) is 6. The van der Waals surface area contributed by atoms with E-state index in [0.29, 0.717) is 6.54 Å². The second-order valence-electron chi connectivity index (χ2n) is 9.48. The van der Waals surface area contributed by atoms with Crippen LogP contribution in [0.25, 0.3) is 4.85 Å². The van der Waals surface area contributed by atoms with E-state index in [2.05, 4.69) is 71.0 Å². The number of hydrogen-bond donors (Lipinski definition) is 6. The first-order valence-electron chi connectivity index (χ1n) is 12.1. The van der Waals surface area contributed by atoms with E-state index in [-0.39, 0.29) is 36.4 Å². The van der Waals surface area contributed by atoms with Crippen LogP contribution in [0.15, 0.2) is 24.3 Å². The Labute approximate surface area is 195 Å². The zero-order valence-corrected chi connectivity index (χ0v) is 19.0. The fourth-order valence-corrected chi connectivity index (χ4v) is 5.34. The quantitative estimate of drug-likeness (QED) is 0.326. The monoisotopic (exact) mass is 453 g/mol. The number of rotatable bonds is 5. The molecule has 0 bridgehead atoms. The molecule has 178 valence electrons. The summed E-state index contributed by atoms with van der Waals surface area (Å²) in [6.45, 7) is 15.0. The van der Waals surface area contributed by atoms with E-state index in [1.54, 1.807) is 0 Å². The molecule has 0 spiro atoms. The molecular formula is C23H35N9O. The number of carbonyl (C=O) groups excluding carboxylic acids is 1. The van der Waals surface area contributed by atoms with Crippen LogP contribution in [0.5, 0.6) is 0 Å². The summed E-state index contributed by atoms with van der Waals surface area (Å²) in [6, 6.07) is 8.74. The van der Waals surface area contributed by atoms with Gasteiger partial charge in [-0.3, -0.25) is 30.7 Å². The van der Waals surface area contributed by atoms with E-state index >= 15 is 0 Å². The van der Waals surface area contributed by atoms with Crippen LogP contribution in [0.3, 0.4) is 0 Å². The van der Waals surface area contributed by atoms with Crippen LogP contribution < -0.4 is 32.1 Å². The van der Waals surface area contributed by atoms with Gasteiger partial charge in [0.25, 0.3) is 0 Å². The highest BCUT2D eigenvalue weighted by molar-refractivity contribution is 5.81. The van der Waals surface area contributed by atoms with Gasteiger partial charge in [-0.1, -0.05) is 12.1 Å². The molecule has 5 rings (SSSR count). The average Bonchev–Trinajstić information content (AvgIpc) is 2.86. The first kappa shape index (κ1) is 22.5. The van der Waals surface area contributed by atoms with Crippen molar-refractivity contribution in [2.24, 2.45) is 5.92 Å². The maximum atomic E-state index is 12.7. The van der Waals surface area contributed by atoms with Gasteiger partial charge < -0.3 is 15.5 Å². The molecule has 4 heterocycles. The van der Waals surface area contributed by atoms with Crippen LogP contribution in [0.1, 0.15) is 18.4 Å². The van der Waals surface area contributed by atoms with Crippen molar-refractivity contribution in [3.8, 4) is 0 Å². The van der Waals surface area contributed by atoms with Gasteiger partial charge in [-0.05, 0) is 17.7 Å². The molecule has 4 unspecified atom stereocenters. The van der Waals surface area contributed by atoms with E-state index in [1.165, 1.54) is 5.56 Å². The van der Waals surface area contributed by atoms with Gasteiger partial charge in [-0.2, -0.15) is 0 Å². The van der Waals surface area contributed by atoms with Gasteiger partial charge in [-0.25, -0.2) is 12.0 Å². The molecular weight excluding hydrogens is 418 g/mol. The smallest absolute Gasteiger partial charge is 0.242 e. The summed E-state index contributed by atoms with van der Waals surface area (Å²) < 4.78 is 0. The highest BCUT2D eigenvalue weighted by Crippen LogP contribution is 2.24. The van der Waals surface area contributed by atoms with Gasteiger partial charge in [0.05, 0.1) is 12.1 Å². The predicted octanol–water partition coefficient (Wildman–Crippen LogP) is -0.691. The molecule has 10 nitrogen and oxygen atoms in total. The van der Waals surface area contributed by atoms with Gasteiger partial charge in [0.1, 0.15) is 6.29 Å². The molecule has 4 aliphatic heterocycles. The summed E-state index contributed by atoms with van der Waals surface area (Å²) in [5.74, 6) is -0.243. The van der Waals surface area contributed by atoms with Crippen LogP contribution >= 0.6 is 0 Å². The maximum absolute atomic E-state index is 12.7. The zero-order chi connectivity index (χ0) is 22.6. The van der Waals surface area contributed by atoms with Gasteiger partial charge >= 0.3 is 0 Å². The Morgan fingerprint density at radius 3 is 2.55 bits per heavy atom. The van der Waals surface area contributed by atoms with Gasteiger partial charge in [0.15, 0.2) is 0 Å². The predicted molar refractivity (Wildman–Crippen MR) is 127 cm³/mol. The van der Waals surface area contributed by atoms with E-state index in [1.807, 2.05) is 0 Å². The minimum Gasteiger partial charge on any atom is -0.369 e. The third kappa shape index (κ3) is 5.30. The van der Waals surface area contributed by atoms with Crippen molar-refractivity contribution in [3.63, 3.8) is 0 Å². The topological polar surface area (TPSA) is 100 Å². The number of fused-ring (bicyclic) bond motifs is 1. The Morgan fingerprint density at radius 2 is 1.82 bits per heavy atom.